The first-order chi connectivity index (χ1) is 62.8. The summed E-state index contributed by atoms with van der Waals surface area (Å²) in [7, 11) is -7.68. The third-order valence-electron chi connectivity index (χ3n) is 23.6. The molecule has 14 rings (SSSR count). The molecular formula is C105H123N10Na3O16S2. The SMILES string of the molecule is CCC(C)(C)c1cc(-n2nc3ccccc3n2)c(O)c(C(C)(C)CC)c1.CCCCCCCCCCCCc1cc(C)cc(-n2nc3ccccc3n2)c1O.Cc1cc(Cc2cc(C)cc(C(C)(C)C)c2O)c(O)c(C(C)(C)C)c1.O=C1NC(=O)C(Cc2[c-]cc(S(=O)(=O)[O-])cc2)C(=O)N1.O=S(=O)=O.O=c1c(Cc2ccccc2)c([O-])n(-c2ccccc2)c(=O)n1Cc1ccccc1.[Na+].[Na+].[Na+]. The zero-order valence-electron chi connectivity index (χ0n) is 81.8. The molecule has 0 radical (unpaired) electrons. The molecule has 0 spiro atoms. The van der Waals surface area contributed by atoms with Crippen molar-refractivity contribution in [1.29, 1.82) is 0 Å². The fraction of sp³-hybridized carbons (Fsp3) is 0.362. The Kier molecular flexibility index (Phi) is 43.8. The zero-order chi connectivity index (χ0) is 97.5. The number of fused-ring (bicyclic) bond motifs is 2. The second kappa shape index (κ2) is 52.0. The van der Waals surface area contributed by atoms with Gasteiger partial charge in [0.1, 0.15) is 62.4 Å². The van der Waals surface area contributed by atoms with Gasteiger partial charge in [0.2, 0.25) is 11.8 Å². The molecule has 1 fully saturated rings. The molecule has 704 valence electrons. The standard InChI is InChI=1S/C25H35N3O.C24H20N2O3.C23H32O2.C22H29N3O.C11H9N2O6S.3Na.O3S/c1-3-4-5-6-7-8-9-10-11-12-15-21-18-20(2)19-24(25(21)29)28-26-22-16-13-14-17-23(22)27-28;27-22-21(16-18-10-4-1-5-11-18)23(28)26(20-14-8-3-9-15-20)24(29)25(22)17-19-12-6-2-7-13-19;1-14-9-16(20(24)18(11-14)22(3,4)5)13-17-10-15(2)12-19(21(17)25)23(6,7)8;1-7-21(3,4)15-13-16(22(5,6)8-2)20(26)19(14-15)25-23-17-11-9-10-12-18(17)24-25;14-9-8(10(15)13-11(16)12-9)5-6-1-3-7(4-2-6)20(17,18)19;;;;1-4(2)3/h13-14,16-19,29H,3-12,15H2,1-2H3;1-15,28H,16-17H2;9-12,24-25H,13H2,1-8H3;9-14,26H,7-8H2,1-6H3;1,3-4,8H,5H2,(H,17,18,19)(H2,12,13,14,15,16);;;;/q;;;;-1;3*+1;/p-2. The summed E-state index contributed by atoms with van der Waals surface area (Å²) in [5, 5.41) is 78.9. The van der Waals surface area contributed by atoms with Crippen LogP contribution < -0.4 is 116 Å². The summed E-state index contributed by atoms with van der Waals surface area (Å²) in [6, 6.07) is 64.2. The number of nitrogens with zero attached hydrogens (tertiary/aromatic N) is 8. The van der Waals surface area contributed by atoms with E-state index in [0.29, 0.717) is 46.3 Å². The molecule has 136 heavy (non-hydrogen) atoms. The minimum atomic E-state index is -4.57. The Bertz CT molecular complexity index is 6440. The molecule has 0 aliphatic carbocycles. The van der Waals surface area contributed by atoms with Gasteiger partial charge in [-0.05, 0) is 179 Å². The molecule has 0 unspecified atom stereocenters. The number of aromatic nitrogens is 8. The minimum Gasteiger partial charge on any atom is -0.859 e. The second-order valence-corrected chi connectivity index (χ2v) is 38.7. The zero-order valence-corrected chi connectivity index (χ0v) is 89.4. The molecule has 26 nitrogen and oxygen atoms in total. The van der Waals surface area contributed by atoms with E-state index < -0.39 is 66.5 Å². The second-order valence-electron chi connectivity index (χ2n) is 36.9. The molecule has 1 saturated heterocycles. The predicted octanol–water partition coefficient (Wildman–Crippen LogP) is 9.94. The number of amides is 4. The first-order valence-electron chi connectivity index (χ1n) is 44.9. The van der Waals surface area contributed by atoms with Crippen molar-refractivity contribution in [2.75, 3.05) is 0 Å². The van der Waals surface area contributed by atoms with Gasteiger partial charge in [-0.15, -0.1) is 42.6 Å². The molecule has 4 amide bonds. The van der Waals surface area contributed by atoms with Gasteiger partial charge in [-0.1, -0.05) is 303 Å². The van der Waals surface area contributed by atoms with Crippen molar-refractivity contribution in [2.45, 2.75) is 247 Å². The first-order valence-corrected chi connectivity index (χ1v) is 47.3. The normalized spacial score (nSPS) is 12.1. The van der Waals surface area contributed by atoms with Gasteiger partial charge < -0.3 is 30.1 Å². The number of para-hydroxylation sites is 1. The maximum absolute atomic E-state index is 13.2. The summed E-state index contributed by atoms with van der Waals surface area (Å²) in [5.74, 6) is -1.90. The van der Waals surface area contributed by atoms with Gasteiger partial charge in [-0.2, -0.15) is 29.8 Å². The van der Waals surface area contributed by atoms with Crippen molar-refractivity contribution in [3.05, 3.63) is 311 Å². The number of aromatic hydroxyl groups is 4. The van der Waals surface area contributed by atoms with E-state index in [4.69, 9.17) is 12.6 Å². The van der Waals surface area contributed by atoms with E-state index in [1.165, 1.54) is 69.4 Å². The van der Waals surface area contributed by atoms with Crippen molar-refractivity contribution in [3.8, 4) is 45.9 Å². The monoisotopic (exact) mass is 1910 g/mol. The molecule has 0 bridgehead atoms. The molecule has 0 saturated carbocycles. The maximum Gasteiger partial charge on any atom is 1.00 e. The third-order valence-corrected chi connectivity index (χ3v) is 24.5. The van der Waals surface area contributed by atoms with E-state index >= 15 is 0 Å². The van der Waals surface area contributed by atoms with E-state index in [-0.39, 0.29) is 141 Å². The smallest absolute Gasteiger partial charge is 0.859 e. The Balaban J connectivity index is 0.000000258. The number of benzene rings is 10. The van der Waals surface area contributed by atoms with Crippen LogP contribution in [-0.2, 0) is 84.2 Å². The van der Waals surface area contributed by atoms with Gasteiger partial charge in [0.25, 0.3) is 5.56 Å². The van der Waals surface area contributed by atoms with Crippen LogP contribution in [0.5, 0.6) is 28.9 Å². The Morgan fingerprint density at radius 3 is 1.31 bits per heavy atom. The van der Waals surface area contributed by atoms with Crippen LogP contribution in [0, 0.1) is 32.8 Å². The molecule has 3 aromatic heterocycles. The number of carbonyl (C=O) groups excluding carboxylic acids is 3. The van der Waals surface area contributed by atoms with Crippen molar-refractivity contribution >= 4 is 60.6 Å². The Hall–Kier alpha value is -10.2. The number of phenols is 4. The molecule has 31 heteroatoms. The average molecular weight is 1910 g/mol. The fourth-order valence-electron chi connectivity index (χ4n) is 15.3. The molecule has 6 N–H and O–H groups in total. The summed E-state index contributed by atoms with van der Waals surface area (Å²) in [6.07, 6.45) is 16.7. The van der Waals surface area contributed by atoms with Crippen molar-refractivity contribution in [2.24, 2.45) is 5.92 Å². The van der Waals surface area contributed by atoms with Crippen LogP contribution in [0.1, 0.15) is 245 Å². The van der Waals surface area contributed by atoms with Crippen LogP contribution in [0.4, 0.5) is 4.79 Å². The summed E-state index contributed by atoms with van der Waals surface area (Å²) in [5.41, 5.74) is 15.8. The van der Waals surface area contributed by atoms with Crippen LogP contribution in [0.25, 0.3) is 39.1 Å². The number of aryl methyl sites for hydroxylation is 4. The van der Waals surface area contributed by atoms with Crippen LogP contribution in [0.15, 0.2) is 221 Å². The van der Waals surface area contributed by atoms with E-state index in [9.17, 15) is 62.5 Å². The van der Waals surface area contributed by atoms with E-state index in [2.05, 4.69) is 162 Å². The molecule has 1 aliphatic heterocycles. The maximum atomic E-state index is 13.2. The topological polar surface area (TPSA) is 393 Å². The third kappa shape index (κ3) is 31.9. The number of unbranched alkanes of at least 4 members (excludes halogenated alkanes) is 9. The van der Waals surface area contributed by atoms with Crippen molar-refractivity contribution < 1.29 is 154 Å². The molecule has 10 aromatic carbocycles. The van der Waals surface area contributed by atoms with Gasteiger partial charge >= 0.3 is 111 Å². The predicted molar refractivity (Wildman–Crippen MR) is 516 cm³/mol. The van der Waals surface area contributed by atoms with E-state index in [1.807, 2.05) is 150 Å². The van der Waals surface area contributed by atoms with Gasteiger partial charge in [0, 0.05) is 29.7 Å². The number of nitrogens with one attached hydrogen (secondary N) is 2. The summed E-state index contributed by atoms with van der Waals surface area (Å²) >= 11 is 0. The first kappa shape index (κ1) is 115. The van der Waals surface area contributed by atoms with Gasteiger partial charge in [-0.25, -0.2) is 9.59 Å². The Morgan fingerprint density at radius 1 is 0.471 bits per heavy atom. The number of hydrogen-bond acceptors (Lipinski definition) is 20. The minimum absolute atomic E-state index is 0. The van der Waals surface area contributed by atoms with Gasteiger partial charge in [0.15, 0.2) is 0 Å². The number of barbiturate groups is 1. The van der Waals surface area contributed by atoms with Gasteiger partial charge in [-0.3, -0.25) is 42.6 Å². The van der Waals surface area contributed by atoms with Crippen molar-refractivity contribution in [1.82, 2.24) is 49.8 Å². The number of urea groups is 1. The molecule has 1 aliphatic rings. The van der Waals surface area contributed by atoms with Crippen LogP contribution in [0.2, 0.25) is 0 Å². The van der Waals surface area contributed by atoms with Crippen LogP contribution >= 0.6 is 0 Å². The largest absolute Gasteiger partial charge is 1.00 e. The van der Waals surface area contributed by atoms with Crippen LogP contribution in [0.3, 0.4) is 0 Å². The Morgan fingerprint density at radius 2 is 0.882 bits per heavy atom. The summed E-state index contributed by atoms with van der Waals surface area (Å²) < 4.78 is 59.8. The summed E-state index contributed by atoms with van der Waals surface area (Å²) in [4.78, 5) is 62.8. The van der Waals surface area contributed by atoms with Gasteiger partial charge in [0.05, 0.1) is 16.7 Å². The van der Waals surface area contributed by atoms with Crippen LogP contribution in [-0.4, -0.2) is 103 Å². The van der Waals surface area contributed by atoms with Crippen molar-refractivity contribution in [3.63, 3.8) is 0 Å². The van der Waals surface area contributed by atoms with E-state index in [1.54, 1.807) is 33.9 Å². The quantitative estimate of drug-likeness (QED) is 0.00916. The number of imide groups is 2. The molecular weight excluding hydrogens is 1790 g/mol. The Labute approximate surface area is 865 Å². The number of phenolic OH excluding ortho intramolecular Hbond substituents is 4. The number of carbonyl (C=O) groups is 3. The molecule has 13 aromatic rings. The molecule has 4 heterocycles. The number of hydrogen-bond donors (Lipinski definition) is 6. The van der Waals surface area contributed by atoms with E-state index in [0.717, 1.165) is 130 Å². The summed E-state index contributed by atoms with van der Waals surface area (Å²) in [6.45, 7) is 34.3. The average Bonchev–Trinajstić information content (AvgIpc) is 0.856. The fourth-order valence-corrected chi connectivity index (χ4v) is 15.8. The number of rotatable bonds is 27. The molecule has 0 atom stereocenters.